The van der Waals surface area contributed by atoms with Crippen molar-refractivity contribution in [2.75, 3.05) is 18.1 Å². The van der Waals surface area contributed by atoms with Crippen molar-refractivity contribution in [1.29, 1.82) is 0 Å². The summed E-state index contributed by atoms with van der Waals surface area (Å²) in [6, 6.07) is 1.62. The summed E-state index contributed by atoms with van der Waals surface area (Å²) in [6.45, 7) is 0.486. The second kappa shape index (κ2) is 5.28. The number of nitrogens with one attached hydrogen (secondary N) is 1. The second-order valence-corrected chi connectivity index (χ2v) is 5.93. The highest BCUT2D eigenvalue weighted by Gasteiger charge is 2.42. The highest BCUT2D eigenvalue weighted by atomic mass is 32.2. The molecule has 108 valence electrons. The maximum Gasteiger partial charge on any atom is 0.338 e. The lowest BCUT2D eigenvalue weighted by Gasteiger charge is -2.14. The number of carboxylic acid groups (broad SMARTS) is 1. The predicted octanol–water partition coefficient (Wildman–Crippen LogP) is 2.74. The predicted molar refractivity (Wildman–Crippen MR) is 74.0 cm³/mol. The SMILES string of the molecule is CSC1(CNc2cc(C(=O)O)c(F)cc2[N+](=O)[O-])CC1. The number of thioether (sulfide) groups is 1. The number of rotatable bonds is 6. The molecule has 20 heavy (non-hydrogen) atoms. The Kier molecular flexibility index (Phi) is 3.85. The second-order valence-electron chi connectivity index (χ2n) is 4.65. The number of aromatic carboxylic acids is 1. The molecule has 1 aliphatic carbocycles. The summed E-state index contributed by atoms with van der Waals surface area (Å²) < 4.78 is 13.5. The molecule has 0 aromatic heterocycles. The summed E-state index contributed by atoms with van der Waals surface area (Å²) in [5, 5.41) is 22.7. The van der Waals surface area contributed by atoms with Crippen LogP contribution >= 0.6 is 11.8 Å². The van der Waals surface area contributed by atoms with Gasteiger partial charge in [0.25, 0.3) is 5.69 Å². The van der Waals surface area contributed by atoms with E-state index in [2.05, 4.69) is 5.32 Å². The van der Waals surface area contributed by atoms with Gasteiger partial charge in [0.1, 0.15) is 11.5 Å². The number of anilines is 1. The van der Waals surface area contributed by atoms with Crippen LogP contribution in [0.2, 0.25) is 0 Å². The molecule has 0 spiro atoms. The first-order valence-corrected chi connectivity index (χ1v) is 7.11. The zero-order chi connectivity index (χ0) is 14.9. The molecule has 0 amide bonds. The minimum absolute atomic E-state index is 0.0362. The van der Waals surface area contributed by atoms with Crippen LogP contribution in [0.5, 0.6) is 0 Å². The van der Waals surface area contributed by atoms with Crippen LogP contribution in [0, 0.1) is 15.9 Å². The van der Waals surface area contributed by atoms with Crippen LogP contribution in [0.4, 0.5) is 15.8 Å². The molecule has 1 saturated carbocycles. The first kappa shape index (κ1) is 14.6. The minimum atomic E-state index is -1.45. The van der Waals surface area contributed by atoms with E-state index >= 15 is 0 Å². The summed E-state index contributed by atoms with van der Waals surface area (Å²) in [7, 11) is 0. The zero-order valence-corrected chi connectivity index (χ0v) is 11.5. The van der Waals surface area contributed by atoms with E-state index in [1.54, 1.807) is 11.8 Å². The van der Waals surface area contributed by atoms with Crippen molar-refractivity contribution in [3.63, 3.8) is 0 Å². The molecule has 1 aromatic rings. The molecule has 0 saturated heterocycles. The van der Waals surface area contributed by atoms with Gasteiger partial charge in [-0.2, -0.15) is 11.8 Å². The third kappa shape index (κ3) is 2.84. The molecular weight excluding hydrogens is 287 g/mol. The standard InChI is InChI=1S/C12H13FN2O4S/c1-20-12(2-3-12)6-14-9-4-7(11(16)17)8(13)5-10(9)15(18)19/h4-5,14H,2-3,6H2,1H3,(H,16,17). The fourth-order valence-corrected chi connectivity index (χ4v) is 2.59. The van der Waals surface area contributed by atoms with E-state index in [1.165, 1.54) is 0 Å². The van der Waals surface area contributed by atoms with Crippen LogP contribution in [0.25, 0.3) is 0 Å². The van der Waals surface area contributed by atoms with Gasteiger partial charge in [0, 0.05) is 11.3 Å². The topological polar surface area (TPSA) is 92.5 Å². The molecule has 0 bridgehead atoms. The lowest BCUT2D eigenvalue weighted by atomic mass is 10.1. The van der Waals surface area contributed by atoms with E-state index in [0.29, 0.717) is 12.6 Å². The van der Waals surface area contributed by atoms with Gasteiger partial charge in [-0.25, -0.2) is 9.18 Å². The van der Waals surface area contributed by atoms with E-state index in [9.17, 15) is 19.3 Å². The summed E-state index contributed by atoms with van der Waals surface area (Å²) >= 11 is 1.66. The summed E-state index contributed by atoms with van der Waals surface area (Å²) in [5.41, 5.74) is -0.995. The van der Waals surface area contributed by atoms with Gasteiger partial charge < -0.3 is 10.4 Å². The van der Waals surface area contributed by atoms with E-state index in [1.807, 2.05) is 6.26 Å². The Morgan fingerprint density at radius 3 is 2.70 bits per heavy atom. The van der Waals surface area contributed by atoms with Crippen LogP contribution < -0.4 is 5.32 Å². The molecule has 1 aromatic carbocycles. The largest absolute Gasteiger partial charge is 0.478 e. The third-order valence-corrected chi connectivity index (χ3v) is 4.77. The summed E-state index contributed by atoms with van der Waals surface area (Å²) in [6.07, 6.45) is 3.96. The number of nitro benzene ring substituents is 1. The smallest absolute Gasteiger partial charge is 0.338 e. The highest BCUT2D eigenvalue weighted by Crippen LogP contribution is 2.47. The Morgan fingerprint density at radius 2 is 2.25 bits per heavy atom. The Morgan fingerprint density at radius 1 is 1.60 bits per heavy atom. The Bertz CT molecular complexity index is 575. The fourth-order valence-electron chi connectivity index (χ4n) is 1.87. The summed E-state index contributed by atoms with van der Waals surface area (Å²) in [4.78, 5) is 21.1. The quantitative estimate of drug-likeness (QED) is 0.620. The van der Waals surface area contributed by atoms with Crippen LogP contribution in [0.3, 0.4) is 0 Å². The van der Waals surface area contributed by atoms with E-state index in [4.69, 9.17) is 5.11 Å². The van der Waals surface area contributed by atoms with Crippen molar-refractivity contribution in [2.24, 2.45) is 0 Å². The molecule has 0 unspecified atom stereocenters. The number of carboxylic acids is 1. The Hall–Kier alpha value is -1.83. The lowest BCUT2D eigenvalue weighted by molar-refractivity contribution is -0.384. The number of benzene rings is 1. The van der Waals surface area contributed by atoms with E-state index in [0.717, 1.165) is 18.9 Å². The van der Waals surface area contributed by atoms with Crippen molar-refractivity contribution in [1.82, 2.24) is 0 Å². The maximum absolute atomic E-state index is 13.5. The average molecular weight is 300 g/mol. The normalized spacial score (nSPS) is 15.7. The number of hydrogen-bond donors (Lipinski definition) is 2. The molecule has 0 heterocycles. The van der Waals surface area contributed by atoms with E-state index in [-0.39, 0.29) is 10.4 Å². The molecule has 8 heteroatoms. The zero-order valence-electron chi connectivity index (χ0n) is 10.7. The van der Waals surface area contributed by atoms with Crippen LogP contribution in [0.15, 0.2) is 12.1 Å². The Labute approximate surface area is 118 Å². The number of nitrogens with zero attached hydrogens (tertiary/aromatic N) is 1. The van der Waals surface area contributed by atoms with Gasteiger partial charge in [0.15, 0.2) is 0 Å². The Balaban J connectivity index is 2.31. The maximum atomic E-state index is 13.5. The molecular formula is C12H13FN2O4S. The van der Waals surface area contributed by atoms with Gasteiger partial charge in [-0.1, -0.05) is 0 Å². The van der Waals surface area contributed by atoms with Gasteiger partial charge in [-0.05, 0) is 25.2 Å². The van der Waals surface area contributed by atoms with Gasteiger partial charge in [0.05, 0.1) is 16.6 Å². The molecule has 0 aliphatic heterocycles. The highest BCUT2D eigenvalue weighted by molar-refractivity contribution is 8.00. The molecule has 2 rings (SSSR count). The number of carbonyl (C=O) groups is 1. The fraction of sp³-hybridized carbons (Fsp3) is 0.417. The number of halogens is 1. The number of hydrogen-bond acceptors (Lipinski definition) is 5. The van der Waals surface area contributed by atoms with Crippen molar-refractivity contribution < 1.29 is 19.2 Å². The molecule has 0 atom stereocenters. The lowest BCUT2D eigenvalue weighted by Crippen LogP contribution is -2.18. The van der Waals surface area contributed by atoms with Crippen LogP contribution in [-0.2, 0) is 0 Å². The first-order chi connectivity index (χ1) is 9.38. The van der Waals surface area contributed by atoms with E-state index < -0.39 is 28.0 Å². The molecule has 1 aliphatic rings. The molecule has 6 nitrogen and oxygen atoms in total. The molecule has 0 radical (unpaired) electrons. The van der Waals surface area contributed by atoms with Gasteiger partial charge >= 0.3 is 5.97 Å². The summed E-state index contributed by atoms with van der Waals surface area (Å²) in [5.74, 6) is -2.56. The molecule has 2 N–H and O–H groups in total. The third-order valence-electron chi connectivity index (χ3n) is 3.35. The molecule has 1 fully saturated rings. The number of nitro groups is 1. The van der Waals surface area contributed by atoms with Crippen LogP contribution in [-0.4, -0.2) is 33.5 Å². The van der Waals surface area contributed by atoms with Gasteiger partial charge in [-0.3, -0.25) is 10.1 Å². The minimum Gasteiger partial charge on any atom is -0.478 e. The van der Waals surface area contributed by atoms with Crippen molar-refractivity contribution in [3.8, 4) is 0 Å². The first-order valence-electron chi connectivity index (χ1n) is 5.89. The van der Waals surface area contributed by atoms with Crippen molar-refractivity contribution >= 4 is 29.1 Å². The average Bonchev–Trinajstić information content (AvgIpc) is 3.17. The monoisotopic (exact) mass is 300 g/mol. The van der Waals surface area contributed by atoms with Crippen LogP contribution in [0.1, 0.15) is 23.2 Å². The van der Waals surface area contributed by atoms with Crippen molar-refractivity contribution in [2.45, 2.75) is 17.6 Å². The van der Waals surface area contributed by atoms with Gasteiger partial charge in [-0.15, -0.1) is 0 Å². The van der Waals surface area contributed by atoms with Crippen molar-refractivity contribution in [3.05, 3.63) is 33.6 Å². The van der Waals surface area contributed by atoms with Gasteiger partial charge in [0.2, 0.25) is 0 Å².